The van der Waals surface area contributed by atoms with Crippen LogP contribution in [0.4, 0.5) is 4.39 Å². The molecule has 1 fully saturated rings. The molecule has 3 heterocycles. The maximum Gasteiger partial charge on any atom is 0.330 e. The van der Waals surface area contributed by atoms with Crippen LogP contribution in [0.1, 0.15) is 13.8 Å². The van der Waals surface area contributed by atoms with Crippen molar-refractivity contribution in [3.63, 3.8) is 0 Å². The predicted molar refractivity (Wildman–Crippen MR) is 103 cm³/mol. The molecule has 148 valence electrons. The fourth-order valence-electron chi connectivity index (χ4n) is 3.75. The van der Waals surface area contributed by atoms with Crippen molar-refractivity contribution in [1.82, 2.24) is 13.7 Å². The Morgan fingerprint density at radius 1 is 1.21 bits per heavy atom. The van der Waals surface area contributed by atoms with Crippen LogP contribution in [0.5, 0.6) is 0 Å². The summed E-state index contributed by atoms with van der Waals surface area (Å²) in [4.78, 5) is 25.3. The number of hydrogen-bond donors (Lipinski definition) is 0. The molecule has 1 saturated heterocycles. The van der Waals surface area contributed by atoms with Crippen LogP contribution in [0.2, 0.25) is 0 Å². The number of ether oxygens (including phenoxy) is 2. The number of fused-ring (bicyclic) bond motifs is 1. The molecule has 1 aromatic carbocycles. The van der Waals surface area contributed by atoms with E-state index < -0.39 is 22.9 Å². The summed E-state index contributed by atoms with van der Waals surface area (Å²) in [5.74, 6) is -1.08. The van der Waals surface area contributed by atoms with Crippen LogP contribution in [0.25, 0.3) is 22.2 Å². The highest BCUT2D eigenvalue weighted by Crippen LogP contribution is 2.31. The molecule has 2 aromatic heterocycles. The number of halogens is 1. The van der Waals surface area contributed by atoms with Crippen molar-refractivity contribution in [2.45, 2.75) is 32.3 Å². The lowest BCUT2D eigenvalue weighted by Gasteiger charge is -2.18. The van der Waals surface area contributed by atoms with E-state index in [-0.39, 0.29) is 6.10 Å². The lowest BCUT2D eigenvalue weighted by atomic mass is 10.1. The molecule has 0 radical (unpaired) electrons. The molecule has 0 bridgehead atoms. The summed E-state index contributed by atoms with van der Waals surface area (Å²) in [5, 5.41) is 0.369. The second-order valence-electron chi connectivity index (χ2n) is 7.56. The van der Waals surface area contributed by atoms with Gasteiger partial charge in [0.1, 0.15) is 11.9 Å². The minimum atomic E-state index is -0.681. The van der Waals surface area contributed by atoms with E-state index >= 15 is 0 Å². The predicted octanol–water partition coefficient (Wildman–Crippen LogP) is 2.00. The summed E-state index contributed by atoms with van der Waals surface area (Å²) in [6, 6.07) is 6.07. The first-order valence-corrected chi connectivity index (χ1v) is 9.04. The largest absolute Gasteiger partial charge is 0.348 e. The molecule has 28 heavy (non-hydrogen) atoms. The van der Waals surface area contributed by atoms with E-state index in [2.05, 4.69) is 0 Å². The summed E-state index contributed by atoms with van der Waals surface area (Å²) in [7, 11) is 3.05. The van der Waals surface area contributed by atoms with E-state index in [1.807, 2.05) is 18.4 Å². The van der Waals surface area contributed by atoms with Crippen molar-refractivity contribution < 1.29 is 13.9 Å². The number of benzene rings is 1. The van der Waals surface area contributed by atoms with Gasteiger partial charge in [-0.2, -0.15) is 0 Å². The van der Waals surface area contributed by atoms with Crippen LogP contribution >= 0.6 is 0 Å². The third kappa shape index (κ3) is 2.98. The minimum Gasteiger partial charge on any atom is -0.348 e. The molecule has 1 aliphatic rings. The summed E-state index contributed by atoms with van der Waals surface area (Å²) >= 11 is 0. The fourth-order valence-corrected chi connectivity index (χ4v) is 3.75. The molecule has 0 saturated carbocycles. The second kappa shape index (κ2) is 6.42. The third-order valence-corrected chi connectivity index (χ3v) is 5.08. The second-order valence-corrected chi connectivity index (χ2v) is 7.56. The van der Waals surface area contributed by atoms with Gasteiger partial charge in [0.15, 0.2) is 5.79 Å². The summed E-state index contributed by atoms with van der Waals surface area (Å²) < 4.78 is 29.8. The zero-order valence-electron chi connectivity index (χ0n) is 16.2. The normalized spacial score (nSPS) is 18.8. The van der Waals surface area contributed by atoms with Crippen molar-refractivity contribution in [2.24, 2.45) is 14.1 Å². The van der Waals surface area contributed by atoms with Crippen LogP contribution in [-0.2, 0) is 30.1 Å². The Morgan fingerprint density at radius 2 is 1.96 bits per heavy atom. The maximum atomic E-state index is 13.9. The van der Waals surface area contributed by atoms with Crippen LogP contribution in [0.15, 0.2) is 40.1 Å². The molecule has 8 heteroatoms. The highest BCUT2D eigenvalue weighted by molar-refractivity contribution is 5.93. The molecule has 0 spiro atoms. The Labute approximate surface area is 160 Å². The van der Waals surface area contributed by atoms with Crippen molar-refractivity contribution in [1.29, 1.82) is 0 Å². The average molecular weight is 387 g/mol. The molecule has 0 aliphatic carbocycles. The van der Waals surface area contributed by atoms with Gasteiger partial charge < -0.3 is 14.0 Å². The Morgan fingerprint density at radius 3 is 2.61 bits per heavy atom. The van der Waals surface area contributed by atoms with Gasteiger partial charge in [0.05, 0.1) is 29.7 Å². The molecular formula is C20H22FN3O4. The van der Waals surface area contributed by atoms with Crippen molar-refractivity contribution in [3.8, 4) is 11.3 Å². The van der Waals surface area contributed by atoms with E-state index in [0.29, 0.717) is 35.3 Å². The van der Waals surface area contributed by atoms with Gasteiger partial charge in [0, 0.05) is 25.9 Å². The Balaban J connectivity index is 1.97. The molecule has 0 N–H and O–H groups in total. The molecule has 1 aliphatic heterocycles. The van der Waals surface area contributed by atoms with Gasteiger partial charge >= 0.3 is 5.69 Å². The Bertz CT molecular complexity index is 1190. The topological polar surface area (TPSA) is 67.4 Å². The third-order valence-electron chi connectivity index (χ3n) is 5.08. The fraction of sp³-hybridized carbons (Fsp3) is 0.400. The summed E-state index contributed by atoms with van der Waals surface area (Å²) in [6.45, 7) is 4.49. The highest BCUT2D eigenvalue weighted by Gasteiger charge is 2.33. The number of aryl methyl sites for hydroxylation is 1. The van der Waals surface area contributed by atoms with Crippen molar-refractivity contribution >= 4 is 10.9 Å². The maximum absolute atomic E-state index is 13.9. The quantitative estimate of drug-likeness (QED) is 0.689. The first kappa shape index (κ1) is 18.6. The van der Waals surface area contributed by atoms with E-state index in [0.717, 1.165) is 4.57 Å². The monoisotopic (exact) mass is 387 g/mol. The molecular weight excluding hydrogens is 365 g/mol. The van der Waals surface area contributed by atoms with Crippen LogP contribution in [0.3, 0.4) is 0 Å². The lowest BCUT2D eigenvalue weighted by Crippen LogP contribution is -2.36. The van der Waals surface area contributed by atoms with Gasteiger partial charge in [0.2, 0.25) is 0 Å². The van der Waals surface area contributed by atoms with Gasteiger partial charge in [-0.3, -0.25) is 13.9 Å². The van der Waals surface area contributed by atoms with Gasteiger partial charge in [0.25, 0.3) is 5.56 Å². The first-order chi connectivity index (χ1) is 13.2. The molecule has 1 unspecified atom stereocenters. The lowest BCUT2D eigenvalue weighted by molar-refractivity contribution is -0.139. The smallest absolute Gasteiger partial charge is 0.330 e. The Kier molecular flexibility index (Phi) is 4.28. The zero-order valence-corrected chi connectivity index (χ0v) is 16.2. The van der Waals surface area contributed by atoms with Crippen molar-refractivity contribution in [3.05, 3.63) is 57.1 Å². The molecule has 0 amide bonds. The number of aromatic nitrogens is 3. The first-order valence-electron chi connectivity index (χ1n) is 9.04. The zero-order chi connectivity index (χ0) is 20.2. The van der Waals surface area contributed by atoms with Gasteiger partial charge in [-0.25, -0.2) is 9.18 Å². The number of nitrogens with zero attached hydrogens (tertiary/aromatic N) is 3. The molecule has 1 atom stereocenters. The van der Waals surface area contributed by atoms with Crippen LogP contribution in [-0.4, -0.2) is 32.2 Å². The van der Waals surface area contributed by atoms with Gasteiger partial charge in [-0.05, 0) is 26.0 Å². The standard InChI is InChI=1S/C20H22FN3O4/c1-20(2)27-11-14(28-20)9-24-10-15-16(18(25)23(4)19(26)22(15)3)17(24)12-6-5-7-13(21)8-12/h5-8,10,14H,9,11H2,1-4H3. The number of hydrogen-bond acceptors (Lipinski definition) is 4. The Hall–Kier alpha value is -2.71. The highest BCUT2D eigenvalue weighted by atomic mass is 19.1. The van der Waals surface area contributed by atoms with E-state index in [4.69, 9.17) is 9.47 Å². The molecule has 3 aromatic rings. The molecule has 4 rings (SSSR count). The number of rotatable bonds is 3. The van der Waals surface area contributed by atoms with Gasteiger partial charge in [-0.1, -0.05) is 12.1 Å². The van der Waals surface area contributed by atoms with E-state index in [1.54, 1.807) is 25.4 Å². The van der Waals surface area contributed by atoms with E-state index in [1.165, 1.54) is 23.7 Å². The average Bonchev–Trinajstić information content (AvgIpc) is 3.18. The summed E-state index contributed by atoms with van der Waals surface area (Å²) in [6.07, 6.45) is 1.51. The summed E-state index contributed by atoms with van der Waals surface area (Å²) in [5.41, 5.74) is 0.774. The molecule has 7 nitrogen and oxygen atoms in total. The van der Waals surface area contributed by atoms with Crippen molar-refractivity contribution in [2.75, 3.05) is 6.61 Å². The minimum absolute atomic E-state index is 0.231. The SMILES string of the molecule is Cn1c(=O)c2c(-c3cccc(F)c3)n(CC3COC(C)(C)O3)cc2n(C)c1=O. The van der Waals surface area contributed by atoms with E-state index in [9.17, 15) is 14.0 Å². The van der Waals surface area contributed by atoms with Gasteiger partial charge in [-0.15, -0.1) is 0 Å². The van der Waals surface area contributed by atoms with Crippen LogP contribution in [0, 0.1) is 5.82 Å². The van der Waals surface area contributed by atoms with Crippen LogP contribution < -0.4 is 11.2 Å².